The van der Waals surface area contributed by atoms with E-state index < -0.39 is 5.91 Å². The number of ether oxygens (including phenoxy) is 1. The van der Waals surface area contributed by atoms with Crippen molar-refractivity contribution in [3.8, 4) is 11.1 Å². The van der Waals surface area contributed by atoms with Gasteiger partial charge >= 0.3 is 5.97 Å². The average Bonchev–Trinajstić information content (AvgIpc) is 2.87. The highest BCUT2D eigenvalue weighted by atomic mass is 16.5. The molecular formula is C19H24N2O3. The van der Waals surface area contributed by atoms with Crippen LogP contribution in [0.15, 0.2) is 24.3 Å². The van der Waals surface area contributed by atoms with Gasteiger partial charge in [-0.2, -0.15) is 0 Å². The lowest BCUT2D eigenvalue weighted by molar-refractivity contribution is 0.0600. The molecule has 2 aromatic rings. The zero-order chi connectivity index (χ0) is 17.9. The quantitative estimate of drug-likeness (QED) is 0.827. The smallest absolute Gasteiger partial charge is 0.337 e. The Morgan fingerprint density at radius 3 is 2.25 bits per heavy atom. The summed E-state index contributed by atoms with van der Waals surface area (Å²) in [6.45, 7) is 6.95. The van der Waals surface area contributed by atoms with Crippen LogP contribution in [0.3, 0.4) is 0 Å². The van der Waals surface area contributed by atoms with E-state index in [9.17, 15) is 9.59 Å². The molecule has 0 saturated carbocycles. The summed E-state index contributed by atoms with van der Waals surface area (Å²) in [6.07, 6.45) is 1.77. The van der Waals surface area contributed by atoms with Crippen LogP contribution in [0.2, 0.25) is 0 Å². The molecular weight excluding hydrogens is 304 g/mol. The molecule has 0 bridgehead atoms. The fraction of sp³-hybridized carbons (Fsp3) is 0.368. The Hall–Kier alpha value is -2.56. The fourth-order valence-corrected chi connectivity index (χ4v) is 3.19. The van der Waals surface area contributed by atoms with Crippen LogP contribution in [-0.4, -0.2) is 23.6 Å². The summed E-state index contributed by atoms with van der Waals surface area (Å²) < 4.78 is 6.90. The second kappa shape index (κ2) is 7.34. The lowest BCUT2D eigenvalue weighted by Gasteiger charge is -2.10. The van der Waals surface area contributed by atoms with E-state index in [1.165, 1.54) is 7.11 Å². The number of hydrogen-bond donors (Lipinski definition) is 1. The monoisotopic (exact) mass is 328 g/mol. The van der Waals surface area contributed by atoms with Gasteiger partial charge in [-0.1, -0.05) is 26.0 Å². The van der Waals surface area contributed by atoms with Crippen LogP contribution in [0.4, 0.5) is 0 Å². The van der Waals surface area contributed by atoms with E-state index in [-0.39, 0.29) is 5.97 Å². The molecule has 0 radical (unpaired) electrons. The van der Waals surface area contributed by atoms with Gasteiger partial charge < -0.3 is 15.0 Å². The molecule has 1 amide bonds. The number of esters is 1. The van der Waals surface area contributed by atoms with Crippen LogP contribution in [0.5, 0.6) is 0 Å². The van der Waals surface area contributed by atoms with Gasteiger partial charge in [-0.05, 0) is 37.5 Å². The van der Waals surface area contributed by atoms with Crippen molar-refractivity contribution < 1.29 is 14.3 Å². The van der Waals surface area contributed by atoms with Gasteiger partial charge in [0.05, 0.1) is 18.2 Å². The van der Waals surface area contributed by atoms with E-state index in [4.69, 9.17) is 10.5 Å². The van der Waals surface area contributed by atoms with Gasteiger partial charge in [0.15, 0.2) is 0 Å². The number of nitrogens with two attached hydrogens (primary N) is 1. The Morgan fingerprint density at radius 2 is 1.79 bits per heavy atom. The van der Waals surface area contributed by atoms with Crippen molar-refractivity contribution in [1.82, 2.24) is 4.57 Å². The summed E-state index contributed by atoms with van der Waals surface area (Å²) in [4.78, 5) is 23.7. The molecule has 5 nitrogen and oxygen atoms in total. The number of carbonyl (C=O) groups is 2. The van der Waals surface area contributed by atoms with Gasteiger partial charge in [-0.3, -0.25) is 4.79 Å². The minimum atomic E-state index is -0.427. The van der Waals surface area contributed by atoms with E-state index in [0.29, 0.717) is 11.1 Å². The second-order valence-electron chi connectivity index (χ2n) is 5.72. The Balaban J connectivity index is 2.66. The molecule has 0 unspecified atom stereocenters. The number of carbonyl (C=O) groups excluding carboxylic acids is 2. The summed E-state index contributed by atoms with van der Waals surface area (Å²) >= 11 is 0. The minimum absolute atomic E-state index is 0.382. The summed E-state index contributed by atoms with van der Waals surface area (Å²) in [5, 5.41) is 0. The number of rotatable bonds is 6. The first-order valence-electron chi connectivity index (χ1n) is 8.16. The third-order valence-corrected chi connectivity index (χ3v) is 4.25. The summed E-state index contributed by atoms with van der Waals surface area (Å²) in [7, 11) is 1.35. The molecule has 0 aliphatic heterocycles. The molecule has 2 rings (SSSR count). The van der Waals surface area contributed by atoms with E-state index >= 15 is 0 Å². The third kappa shape index (κ3) is 3.07. The molecule has 5 heteroatoms. The highest BCUT2D eigenvalue weighted by molar-refractivity contribution is 6.02. The highest BCUT2D eigenvalue weighted by Gasteiger charge is 2.23. The topological polar surface area (TPSA) is 74.3 Å². The lowest BCUT2D eigenvalue weighted by atomic mass is 9.98. The van der Waals surface area contributed by atoms with E-state index in [0.717, 1.165) is 41.9 Å². The number of primary amides is 1. The van der Waals surface area contributed by atoms with Gasteiger partial charge in [0.25, 0.3) is 5.91 Å². The van der Waals surface area contributed by atoms with Crippen molar-refractivity contribution in [2.45, 2.75) is 40.2 Å². The van der Waals surface area contributed by atoms with Crippen LogP contribution in [0.25, 0.3) is 11.1 Å². The molecule has 0 fully saturated rings. The van der Waals surface area contributed by atoms with Crippen molar-refractivity contribution >= 4 is 11.9 Å². The predicted octanol–water partition coefficient (Wildman–Crippen LogP) is 3.32. The fourth-order valence-electron chi connectivity index (χ4n) is 3.19. The molecule has 2 N–H and O–H groups in total. The van der Waals surface area contributed by atoms with Crippen molar-refractivity contribution in [3.05, 3.63) is 46.8 Å². The summed E-state index contributed by atoms with van der Waals surface area (Å²) in [5.41, 5.74) is 10.4. The van der Waals surface area contributed by atoms with Gasteiger partial charge in [-0.15, -0.1) is 0 Å². The minimum Gasteiger partial charge on any atom is -0.465 e. The molecule has 1 aromatic heterocycles. The molecule has 0 saturated heterocycles. The lowest BCUT2D eigenvalue weighted by Crippen LogP contribution is -2.13. The van der Waals surface area contributed by atoms with Gasteiger partial charge in [0, 0.05) is 23.5 Å². The molecule has 1 aromatic carbocycles. The van der Waals surface area contributed by atoms with Crippen LogP contribution >= 0.6 is 0 Å². The first kappa shape index (κ1) is 17.8. The Morgan fingerprint density at radius 1 is 1.17 bits per heavy atom. The maximum atomic E-state index is 12.1. The number of aromatic nitrogens is 1. The average molecular weight is 328 g/mol. The van der Waals surface area contributed by atoms with Crippen LogP contribution in [0, 0.1) is 6.92 Å². The second-order valence-corrected chi connectivity index (χ2v) is 5.72. The van der Waals surface area contributed by atoms with Gasteiger partial charge in [0.2, 0.25) is 0 Å². The molecule has 0 spiro atoms. The Bertz CT molecular complexity index is 758. The highest BCUT2D eigenvalue weighted by Crippen LogP contribution is 2.33. The molecule has 0 aliphatic carbocycles. The van der Waals surface area contributed by atoms with E-state index in [1.54, 1.807) is 12.1 Å². The van der Waals surface area contributed by atoms with Crippen molar-refractivity contribution in [2.24, 2.45) is 5.73 Å². The maximum Gasteiger partial charge on any atom is 0.337 e. The van der Waals surface area contributed by atoms with Crippen molar-refractivity contribution in [1.29, 1.82) is 0 Å². The standard InChI is InChI=1S/C19H24N2O3/c1-5-11-21-12(3)16(18(20)22)17(15(21)6-2)13-7-9-14(10-8-13)19(23)24-4/h7-10H,5-6,11H2,1-4H3,(H2,20,22). The Kier molecular flexibility index (Phi) is 5.44. The zero-order valence-corrected chi connectivity index (χ0v) is 14.7. The molecule has 1 heterocycles. The van der Waals surface area contributed by atoms with Crippen LogP contribution < -0.4 is 5.73 Å². The molecule has 24 heavy (non-hydrogen) atoms. The number of benzene rings is 1. The van der Waals surface area contributed by atoms with E-state index in [2.05, 4.69) is 18.4 Å². The number of hydrogen-bond acceptors (Lipinski definition) is 3. The number of methoxy groups -OCH3 is 1. The van der Waals surface area contributed by atoms with Crippen molar-refractivity contribution in [3.63, 3.8) is 0 Å². The SMILES string of the molecule is CCCn1c(C)c(C(N)=O)c(-c2ccc(C(=O)OC)cc2)c1CC. The van der Waals surface area contributed by atoms with Gasteiger partial charge in [0.1, 0.15) is 0 Å². The zero-order valence-electron chi connectivity index (χ0n) is 14.7. The van der Waals surface area contributed by atoms with Crippen molar-refractivity contribution in [2.75, 3.05) is 7.11 Å². The normalized spacial score (nSPS) is 10.7. The first-order valence-corrected chi connectivity index (χ1v) is 8.16. The summed E-state index contributed by atoms with van der Waals surface area (Å²) in [6, 6.07) is 7.08. The Labute approximate surface area is 142 Å². The number of nitrogens with zero attached hydrogens (tertiary/aromatic N) is 1. The molecule has 0 aliphatic rings. The van der Waals surface area contributed by atoms with Gasteiger partial charge in [-0.25, -0.2) is 4.79 Å². The van der Waals surface area contributed by atoms with E-state index in [1.807, 2.05) is 19.1 Å². The first-order chi connectivity index (χ1) is 11.5. The van der Waals surface area contributed by atoms with Crippen LogP contribution in [-0.2, 0) is 17.7 Å². The predicted molar refractivity (Wildman–Crippen MR) is 94.1 cm³/mol. The maximum absolute atomic E-state index is 12.1. The largest absolute Gasteiger partial charge is 0.465 e. The third-order valence-electron chi connectivity index (χ3n) is 4.25. The summed E-state index contributed by atoms with van der Waals surface area (Å²) in [5.74, 6) is -0.809. The molecule has 128 valence electrons. The number of amides is 1. The van der Waals surface area contributed by atoms with Crippen LogP contribution in [0.1, 0.15) is 52.4 Å². The molecule has 0 atom stereocenters.